The fourth-order valence-corrected chi connectivity index (χ4v) is 3.55. The van der Waals surface area contributed by atoms with E-state index in [-0.39, 0.29) is 5.84 Å². The van der Waals surface area contributed by atoms with E-state index in [0.29, 0.717) is 24.6 Å². The Labute approximate surface area is 190 Å². The van der Waals surface area contributed by atoms with E-state index < -0.39 is 18.0 Å². The predicted molar refractivity (Wildman–Crippen MR) is 126 cm³/mol. The van der Waals surface area contributed by atoms with Crippen LogP contribution >= 0.6 is 0 Å². The molecule has 0 aromatic heterocycles. The Morgan fingerprint density at radius 3 is 2.19 bits per heavy atom. The van der Waals surface area contributed by atoms with Crippen molar-refractivity contribution in [2.24, 2.45) is 4.99 Å². The Bertz CT molecular complexity index is 982. The van der Waals surface area contributed by atoms with Gasteiger partial charge in [0.15, 0.2) is 6.04 Å². The number of hydrogen-bond acceptors (Lipinski definition) is 6. The number of ether oxygens (including phenoxy) is 2. The van der Waals surface area contributed by atoms with Gasteiger partial charge in [-0.15, -0.1) is 0 Å². The van der Waals surface area contributed by atoms with Crippen LogP contribution < -0.4 is 4.90 Å². The minimum atomic E-state index is -0.823. The minimum Gasteiger partial charge on any atom is -0.464 e. The van der Waals surface area contributed by atoms with Gasteiger partial charge in [0.2, 0.25) is 5.84 Å². The van der Waals surface area contributed by atoms with E-state index in [4.69, 9.17) is 9.47 Å². The van der Waals surface area contributed by atoms with Crippen molar-refractivity contribution in [3.8, 4) is 0 Å². The summed E-state index contributed by atoms with van der Waals surface area (Å²) in [6, 6.07) is 12.5. The highest BCUT2D eigenvalue weighted by atomic mass is 16.5. The molecule has 0 aliphatic carbocycles. The van der Waals surface area contributed by atoms with E-state index in [2.05, 4.69) is 4.99 Å². The summed E-state index contributed by atoms with van der Waals surface area (Å²) in [5.41, 5.74) is 4.07. The zero-order valence-electron chi connectivity index (χ0n) is 19.4. The summed E-state index contributed by atoms with van der Waals surface area (Å²) in [4.78, 5) is 32.7. The monoisotopic (exact) mass is 436 g/mol. The molecule has 0 saturated heterocycles. The molecule has 0 amide bonds. The van der Waals surface area contributed by atoms with Crippen molar-refractivity contribution in [3.05, 3.63) is 59.2 Å². The van der Waals surface area contributed by atoms with Crippen molar-refractivity contribution in [2.45, 2.75) is 59.4 Å². The summed E-state index contributed by atoms with van der Waals surface area (Å²) in [6.07, 6.45) is 3.38. The third-order valence-corrected chi connectivity index (χ3v) is 5.38. The zero-order chi connectivity index (χ0) is 23.1. The number of unbranched alkanes of at least 4 members (excludes halogenated alkanes) is 2. The van der Waals surface area contributed by atoms with Gasteiger partial charge in [-0.3, -0.25) is 0 Å². The molecule has 1 aliphatic rings. The molecule has 0 saturated carbocycles. The summed E-state index contributed by atoms with van der Waals surface area (Å²) in [5, 5.41) is 0. The highest BCUT2D eigenvalue weighted by Crippen LogP contribution is 2.39. The SMILES string of the molecule is CCCCOC(=O)C1=Nc2ccc(C)cc2C(C(=O)OCCCC)N1c1ccc(C)cc1. The fraction of sp³-hybridized carbons (Fsp3) is 0.423. The molecule has 0 fully saturated rings. The van der Waals surface area contributed by atoms with Gasteiger partial charge >= 0.3 is 11.9 Å². The number of esters is 2. The first-order chi connectivity index (χ1) is 15.5. The Hall–Kier alpha value is -3.15. The molecular formula is C26H32N2O4. The first-order valence-corrected chi connectivity index (χ1v) is 11.3. The molecule has 0 radical (unpaired) electrons. The molecular weight excluding hydrogens is 404 g/mol. The summed E-state index contributed by atoms with van der Waals surface area (Å²) >= 11 is 0. The quantitative estimate of drug-likeness (QED) is 0.379. The molecule has 32 heavy (non-hydrogen) atoms. The van der Waals surface area contributed by atoms with Crippen LogP contribution in [0.4, 0.5) is 11.4 Å². The van der Waals surface area contributed by atoms with E-state index in [0.717, 1.165) is 42.4 Å². The van der Waals surface area contributed by atoms with Gasteiger partial charge in [0.25, 0.3) is 0 Å². The van der Waals surface area contributed by atoms with Crippen molar-refractivity contribution in [1.82, 2.24) is 0 Å². The molecule has 6 nitrogen and oxygen atoms in total. The number of amidine groups is 1. The van der Waals surface area contributed by atoms with Crippen molar-refractivity contribution < 1.29 is 19.1 Å². The third-order valence-electron chi connectivity index (χ3n) is 5.38. The number of fused-ring (bicyclic) bond motifs is 1. The molecule has 0 N–H and O–H groups in total. The summed E-state index contributed by atoms with van der Waals surface area (Å²) in [6.45, 7) is 8.68. The van der Waals surface area contributed by atoms with E-state index in [9.17, 15) is 9.59 Å². The average molecular weight is 437 g/mol. The largest absolute Gasteiger partial charge is 0.464 e. The van der Waals surface area contributed by atoms with Crippen molar-refractivity contribution in [1.29, 1.82) is 0 Å². The van der Waals surface area contributed by atoms with Crippen LogP contribution in [0.5, 0.6) is 0 Å². The second kappa shape index (κ2) is 10.9. The molecule has 2 aromatic carbocycles. The lowest BCUT2D eigenvalue weighted by Crippen LogP contribution is -2.46. The third kappa shape index (κ3) is 5.36. The Kier molecular flexibility index (Phi) is 8.03. The normalized spacial score (nSPS) is 15.1. The van der Waals surface area contributed by atoms with Gasteiger partial charge in [-0.2, -0.15) is 0 Å². The van der Waals surface area contributed by atoms with Gasteiger partial charge in [-0.25, -0.2) is 14.6 Å². The lowest BCUT2D eigenvalue weighted by Gasteiger charge is -2.36. The maximum atomic E-state index is 13.4. The lowest BCUT2D eigenvalue weighted by atomic mass is 9.97. The number of rotatable bonds is 9. The van der Waals surface area contributed by atoms with Gasteiger partial charge < -0.3 is 14.4 Å². The van der Waals surface area contributed by atoms with Crippen molar-refractivity contribution >= 4 is 29.1 Å². The highest BCUT2D eigenvalue weighted by Gasteiger charge is 2.40. The first kappa shape index (κ1) is 23.5. The van der Waals surface area contributed by atoms with Crippen LogP contribution in [0.15, 0.2) is 47.5 Å². The topological polar surface area (TPSA) is 68.2 Å². The van der Waals surface area contributed by atoms with Crippen LogP contribution in [0.2, 0.25) is 0 Å². The number of aryl methyl sites for hydroxylation is 2. The van der Waals surface area contributed by atoms with Crippen LogP contribution in [-0.4, -0.2) is 31.0 Å². The maximum absolute atomic E-state index is 13.4. The standard InChI is InChI=1S/C26H32N2O4/c1-5-7-15-31-25(29)23-21-17-19(4)11-14-22(21)27-24(26(30)32-16-8-6-2)28(23)20-12-9-18(3)10-13-20/h9-14,17,23H,5-8,15-16H2,1-4H3. The van der Waals surface area contributed by atoms with Gasteiger partial charge in [0.05, 0.1) is 18.9 Å². The summed E-state index contributed by atoms with van der Waals surface area (Å²) in [5.74, 6) is -0.852. The fourth-order valence-electron chi connectivity index (χ4n) is 3.55. The van der Waals surface area contributed by atoms with E-state index >= 15 is 0 Å². The van der Waals surface area contributed by atoms with Gasteiger partial charge in [0.1, 0.15) is 0 Å². The summed E-state index contributed by atoms with van der Waals surface area (Å²) < 4.78 is 11.1. The van der Waals surface area contributed by atoms with E-state index in [1.165, 1.54) is 0 Å². The lowest BCUT2D eigenvalue weighted by molar-refractivity contribution is -0.145. The maximum Gasteiger partial charge on any atom is 0.374 e. The van der Waals surface area contributed by atoms with Gasteiger partial charge in [0, 0.05) is 11.3 Å². The van der Waals surface area contributed by atoms with Crippen LogP contribution in [0.25, 0.3) is 0 Å². The molecule has 1 aliphatic heterocycles. The Balaban J connectivity index is 2.10. The Morgan fingerprint density at radius 2 is 1.53 bits per heavy atom. The zero-order valence-corrected chi connectivity index (χ0v) is 19.4. The first-order valence-electron chi connectivity index (χ1n) is 11.3. The van der Waals surface area contributed by atoms with Gasteiger partial charge in [-0.1, -0.05) is 62.1 Å². The molecule has 3 rings (SSSR count). The second-order valence-electron chi connectivity index (χ2n) is 8.12. The molecule has 6 heteroatoms. The number of carbonyl (C=O) groups is 2. The van der Waals surface area contributed by atoms with E-state index in [1.54, 1.807) is 4.90 Å². The van der Waals surface area contributed by atoms with E-state index in [1.807, 2.05) is 70.2 Å². The molecule has 1 heterocycles. The molecule has 170 valence electrons. The molecule has 1 unspecified atom stereocenters. The predicted octanol–water partition coefficient (Wildman–Crippen LogP) is 5.58. The molecule has 0 bridgehead atoms. The smallest absolute Gasteiger partial charge is 0.374 e. The summed E-state index contributed by atoms with van der Waals surface area (Å²) in [7, 11) is 0. The van der Waals surface area contributed by atoms with Crippen LogP contribution in [0.3, 0.4) is 0 Å². The molecule has 1 atom stereocenters. The Morgan fingerprint density at radius 1 is 0.906 bits per heavy atom. The number of benzene rings is 2. The highest BCUT2D eigenvalue weighted by molar-refractivity contribution is 6.42. The van der Waals surface area contributed by atoms with Crippen molar-refractivity contribution in [3.63, 3.8) is 0 Å². The second-order valence-corrected chi connectivity index (χ2v) is 8.12. The van der Waals surface area contributed by atoms with Gasteiger partial charge in [-0.05, 0) is 44.9 Å². The number of carbonyl (C=O) groups excluding carboxylic acids is 2. The average Bonchev–Trinajstić information content (AvgIpc) is 2.78. The van der Waals surface area contributed by atoms with Crippen LogP contribution in [0.1, 0.15) is 62.3 Å². The number of anilines is 1. The number of nitrogens with zero attached hydrogens (tertiary/aromatic N) is 2. The van der Waals surface area contributed by atoms with Crippen LogP contribution in [-0.2, 0) is 19.1 Å². The number of hydrogen-bond donors (Lipinski definition) is 0. The number of aliphatic imine (C=N–C) groups is 1. The van der Waals surface area contributed by atoms with Crippen molar-refractivity contribution in [2.75, 3.05) is 18.1 Å². The van der Waals surface area contributed by atoms with Crippen LogP contribution in [0, 0.1) is 13.8 Å². The molecule has 0 spiro atoms. The minimum absolute atomic E-state index is 0.0961. The molecule has 2 aromatic rings.